The summed E-state index contributed by atoms with van der Waals surface area (Å²) in [7, 11) is -3.37. The Morgan fingerprint density at radius 1 is 0.875 bits per heavy atom. The van der Waals surface area contributed by atoms with Gasteiger partial charge in [-0.1, -0.05) is 30.3 Å². The summed E-state index contributed by atoms with van der Waals surface area (Å²) in [4.78, 5) is 0. The SMILES string of the molecule is Cc1cc(OCP(=O)(OC(C)C)OC(C)C)cc(C)c1Cc1ccc(O)c2ccccc12. The van der Waals surface area contributed by atoms with Gasteiger partial charge in [0.15, 0.2) is 6.35 Å². The van der Waals surface area contributed by atoms with Gasteiger partial charge < -0.3 is 18.9 Å². The maximum Gasteiger partial charge on any atom is 0.368 e. The molecule has 0 saturated carbocycles. The average molecular weight is 457 g/mol. The standard InChI is InChI=1S/C26H33O5P/c1-17(2)30-32(28,31-18(3)4)16-29-22-13-19(5)25(20(6)14-22)15-21-11-12-26(27)24-10-8-7-9-23(21)24/h7-14,17-18,27H,15-16H2,1-6H3. The van der Waals surface area contributed by atoms with Gasteiger partial charge in [-0.3, -0.25) is 4.57 Å². The Balaban J connectivity index is 1.83. The molecule has 0 aromatic heterocycles. The van der Waals surface area contributed by atoms with E-state index in [1.807, 2.05) is 84.0 Å². The first-order chi connectivity index (χ1) is 15.1. The van der Waals surface area contributed by atoms with Gasteiger partial charge in [-0.2, -0.15) is 0 Å². The van der Waals surface area contributed by atoms with Crippen molar-refractivity contribution in [1.29, 1.82) is 0 Å². The second kappa shape index (κ2) is 10.1. The largest absolute Gasteiger partial charge is 0.507 e. The van der Waals surface area contributed by atoms with Gasteiger partial charge in [0.25, 0.3) is 0 Å². The second-order valence-electron chi connectivity index (χ2n) is 8.69. The summed E-state index contributed by atoms with van der Waals surface area (Å²) in [6.07, 6.45) is 0.150. The van der Waals surface area contributed by atoms with Crippen LogP contribution in [0.4, 0.5) is 0 Å². The third-order valence-electron chi connectivity index (χ3n) is 5.16. The van der Waals surface area contributed by atoms with E-state index in [9.17, 15) is 9.67 Å². The van der Waals surface area contributed by atoms with Gasteiger partial charge in [0.05, 0.1) is 12.2 Å². The molecule has 3 aromatic rings. The van der Waals surface area contributed by atoms with Crippen molar-refractivity contribution in [3.8, 4) is 11.5 Å². The molecule has 0 radical (unpaired) electrons. The van der Waals surface area contributed by atoms with Crippen molar-refractivity contribution in [3.05, 3.63) is 70.8 Å². The quantitative estimate of drug-likeness (QED) is 0.347. The minimum Gasteiger partial charge on any atom is -0.507 e. The topological polar surface area (TPSA) is 65.0 Å². The van der Waals surface area contributed by atoms with Crippen LogP contribution < -0.4 is 4.74 Å². The van der Waals surface area contributed by atoms with Gasteiger partial charge in [0, 0.05) is 5.39 Å². The third kappa shape index (κ3) is 5.92. The molecule has 3 rings (SSSR count). The van der Waals surface area contributed by atoms with Crippen LogP contribution in [0.1, 0.15) is 49.9 Å². The van der Waals surface area contributed by atoms with E-state index >= 15 is 0 Å². The molecule has 172 valence electrons. The van der Waals surface area contributed by atoms with Crippen LogP contribution in [0.25, 0.3) is 10.8 Å². The van der Waals surface area contributed by atoms with E-state index in [-0.39, 0.29) is 18.6 Å². The molecule has 3 aromatic carbocycles. The van der Waals surface area contributed by atoms with Gasteiger partial charge in [0.2, 0.25) is 0 Å². The molecule has 0 aliphatic heterocycles. The Bertz CT molecular complexity index is 1100. The molecule has 0 aliphatic rings. The molecule has 0 saturated heterocycles. The molecule has 0 heterocycles. The zero-order valence-corrected chi connectivity index (χ0v) is 20.6. The Kier molecular flexibility index (Phi) is 7.66. The summed E-state index contributed by atoms with van der Waals surface area (Å²) in [5, 5.41) is 12.1. The molecule has 32 heavy (non-hydrogen) atoms. The molecule has 0 spiro atoms. The number of rotatable bonds is 9. The fourth-order valence-corrected chi connectivity index (χ4v) is 5.65. The summed E-state index contributed by atoms with van der Waals surface area (Å²) in [6.45, 7) is 11.4. The number of aromatic hydroxyl groups is 1. The summed E-state index contributed by atoms with van der Waals surface area (Å²) in [5.74, 6) is 0.928. The van der Waals surface area contributed by atoms with Crippen molar-refractivity contribution in [2.45, 2.75) is 60.2 Å². The van der Waals surface area contributed by atoms with Crippen LogP contribution in [-0.2, 0) is 20.0 Å². The maximum atomic E-state index is 13.0. The lowest BCUT2D eigenvalue weighted by atomic mass is 9.93. The van der Waals surface area contributed by atoms with Gasteiger partial charge in [-0.05, 0) is 93.8 Å². The van der Waals surface area contributed by atoms with E-state index in [0.29, 0.717) is 11.5 Å². The van der Waals surface area contributed by atoms with Crippen LogP contribution in [0, 0.1) is 13.8 Å². The highest BCUT2D eigenvalue weighted by molar-refractivity contribution is 7.53. The molecule has 0 aliphatic carbocycles. The lowest BCUT2D eigenvalue weighted by Gasteiger charge is -2.23. The van der Waals surface area contributed by atoms with Crippen LogP contribution in [0.2, 0.25) is 0 Å². The third-order valence-corrected chi connectivity index (χ3v) is 7.09. The molecule has 0 fully saturated rings. The molecule has 0 amide bonds. The minimum absolute atomic E-state index is 0.135. The van der Waals surface area contributed by atoms with E-state index in [1.165, 1.54) is 5.56 Å². The first-order valence-electron chi connectivity index (χ1n) is 11.0. The van der Waals surface area contributed by atoms with Crippen LogP contribution in [-0.4, -0.2) is 23.7 Å². The van der Waals surface area contributed by atoms with Crippen LogP contribution in [0.15, 0.2) is 48.5 Å². The molecule has 0 bridgehead atoms. The Morgan fingerprint density at radius 2 is 1.44 bits per heavy atom. The number of hydrogen-bond acceptors (Lipinski definition) is 5. The highest BCUT2D eigenvalue weighted by Gasteiger charge is 2.29. The fraction of sp³-hybridized carbons (Fsp3) is 0.385. The fourth-order valence-electron chi connectivity index (χ4n) is 3.89. The van der Waals surface area contributed by atoms with Crippen LogP contribution in [0.5, 0.6) is 11.5 Å². The second-order valence-corrected chi connectivity index (χ2v) is 10.6. The highest BCUT2D eigenvalue weighted by Crippen LogP contribution is 2.50. The van der Waals surface area contributed by atoms with Crippen molar-refractivity contribution >= 4 is 18.4 Å². The molecule has 0 unspecified atom stereocenters. The van der Waals surface area contributed by atoms with E-state index in [1.54, 1.807) is 6.07 Å². The normalized spacial score (nSPS) is 12.1. The lowest BCUT2D eigenvalue weighted by Crippen LogP contribution is -2.13. The maximum absolute atomic E-state index is 13.0. The van der Waals surface area contributed by atoms with Gasteiger partial charge in [-0.15, -0.1) is 0 Å². The summed E-state index contributed by atoms with van der Waals surface area (Å²) >= 11 is 0. The number of ether oxygens (including phenoxy) is 1. The van der Waals surface area contributed by atoms with E-state index in [0.717, 1.165) is 33.9 Å². The van der Waals surface area contributed by atoms with Crippen molar-refractivity contribution in [1.82, 2.24) is 0 Å². The number of benzene rings is 3. The predicted molar refractivity (Wildman–Crippen MR) is 130 cm³/mol. The number of phenolic OH excluding ortho intramolecular Hbond substituents is 1. The minimum atomic E-state index is -3.37. The molecular weight excluding hydrogens is 423 g/mol. The molecule has 5 nitrogen and oxygen atoms in total. The molecule has 0 atom stereocenters. The summed E-state index contributed by atoms with van der Waals surface area (Å²) < 4.78 is 30.1. The van der Waals surface area contributed by atoms with Gasteiger partial charge >= 0.3 is 7.60 Å². The Hall–Kier alpha value is -2.33. The first-order valence-corrected chi connectivity index (χ1v) is 12.7. The first kappa shape index (κ1) is 24.3. The van der Waals surface area contributed by atoms with Crippen LogP contribution in [0.3, 0.4) is 0 Å². The number of phenols is 1. The monoisotopic (exact) mass is 456 g/mol. The highest BCUT2D eigenvalue weighted by atomic mass is 31.2. The molecule has 6 heteroatoms. The molecular formula is C26H33O5P. The zero-order chi connectivity index (χ0) is 23.5. The van der Waals surface area contributed by atoms with Gasteiger partial charge in [0.1, 0.15) is 11.5 Å². The lowest BCUT2D eigenvalue weighted by molar-refractivity contribution is 0.129. The van der Waals surface area contributed by atoms with Crippen molar-refractivity contribution in [3.63, 3.8) is 0 Å². The summed E-state index contributed by atoms with van der Waals surface area (Å²) in [6, 6.07) is 15.5. The van der Waals surface area contributed by atoms with Crippen LogP contribution >= 0.6 is 7.60 Å². The zero-order valence-electron chi connectivity index (χ0n) is 19.7. The van der Waals surface area contributed by atoms with E-state index < -0.39 is 7.60 Å². The van der Waals surface area contributed by atoms with Gasteiger partial charge in [-0.25, -0.2) is 0 Å². The number of aryl methyl sites for hydroxylation is 2. The van der Waals surface area contributed by atoms with Crippen molar-refractivity contribution < 1.29 is 23.5 Å². The molecule has 1 N–H and O–H groups in total. The van der Waals surface area contributed by atoms with E-state index in [4.69, 9.17) is 13.8 Å². The number of fused-ring (bicyclic) bond motifs is 1. The Morgan fingerprint density at radius 3 is 2.00 bits per heavy atom. The van der Waals surface area contributed by atoms with Crippen molar-refractivity contribution in [2.75, 3.05) is 6.35 Å². The number of hydrogen-bond donors (Lipinski definition) is 1. The Labute approximate surface area is 190 Å². The summed E-state index contributed by atoms with van der Waals surface area (Å²) in [5.41, 5.74) is 4.52. The predicted octanol–water partition coefficient (Wildman–Crippen LogP) is 7.13. The smallest absolute Gasteiger partial charge is 0.368 e. The van der Waals surface area contributed by atoms with E-state index in [2.05, 4.69) is 0 Å². The average Bonchev–Trinajstić information content (AvgIpc) is 2.70. The van der Waals surface area contributed by atoms with Crippen molar-refractivity contribution in [2.24, 2.45) is 0 Å².